The van der Waals surface area contributed by atoms with Gasteiger partial charge in [-0.05, 0) is 32.9 Å². The van der Waals surface area contributed by atoms with Gasteiger partial charge in [0.2, 0.25) is 0 Å². The second kappa shape index (κ2) is 6.10. The zero-order valence-electron chi connectivity index (χ0n) is 12.1. The number of hydrogen-bond acceptors (Lipinski definition) is 4. The van der Waals surface area contributed by atoms with Crippen LogP contribution in [0.4, 0.5) is 0 Å². The number of nitrogens with one attached hydrogen (secondary N) is 1. The van der Waals surface area contributed by atoms with E-state index in [1.54, 1.807) is 0 Å². The van der Waals surface area contributed by atoms with Crippen LogP contribution >= 0.6 is 11.8 Å². The van der Waals surface area contributed by atoms with E-state index in [-0.39, 0.29) is 5.41 Å². The summed E-state index contributed by atoms with van der Waals surface area (Å²) in [7, 11) is 4.21. The summed E-state index contributed by atoms with van der Waals surface area (Å²) in [6, 6.07) is 0.910. The summed E-state index contributed by atoms with van der Waals surface area (Å²) in [5.74, 6) is 1.18. The van der Waals surface area contributed by atoms with Gasteiger partial charge in [0.05, 0.1) is 6.04 Å². The Morgan fingerprint density at radius 3 is 2.65 bits per heavy atom. The van der Waals surface area contributed by atoms with Crippen LogP contribution in [-0.4, -0.2) is 48.5 Å². The van der Waals surface area contributed by atoms with Crippen molar-refractivity contribution in [1.29, 1.82) is 0 Å². The number of rotatable bonds is 3. The molecule has 0 amide bonds. The van der Waals surface area contributed by atoms with Crippen molar-refractivity contribution in [3.63, 3.8) is 0 Å². The van der Waals surface area contributed by atoms with Gasteiger partial charge in [-0.3, -0.25) is 4.99 Å². The molecule has 100 valence electrons. The molecule has 1 rings (SSSR count). The molecule has 0 aromatic rings. The summed E-state index contributed by atoms with van der Waals surface area (Å²) in [5, 5.41) is 4.65. The minimum atomic E-state index is 0.276. The maximum atomic E-state index is 4.85. The van der Waals surface area contributed by atoms with E-state index in [4.69, 9.17) is 4.99 Å². The Morgan fingerprint density at radius 2 is 2.12 bits per heavy atom. The van der Waals surface area contributed by atoms with E-state index in [2.05, 4.69) is 52.0 Å². The number of likely N-dealkylation sites (N-methyl/N-ethyl adjacent to an activating group) is 1. The number of aliphatic imine (C=N–C) groups is 1. The Balaban J connectivity index is 2.56. The molecule has 0 aliphatic carbocycles. The van der Waals surface area contributed by atoms with E-state index in [9.17, 15) is 0 Å². The van der Waals surface area contributed by atoms with E-state index >= 15 is 0 Å². The molecule has 4 heteroatoms. The SMILES string of the molecule is CC(CN(C)C)NC1=NC(C(C)(C)C)CCS1. The van der Waals surface area contributed by atoms with Gasteiger partial charge < -0.3 is 10.2 Å². The molecule has 0 spiro atoms. The van der Waals surface area contributed by atoms with Crippen LogP contribution in [0.15, 0.2) is 4.99 Å². The van der Waals surface area contributed by atoms with Crippen LogP contribution in [0.2, 0.25) is 0 Å². The molecule has 0 aromatic heterocycles. The highest BCUT2D eigenvalue weighted by molar-refractivity contribution is 8.13. The zero-order chi connectivity index (χ0) is 13.1. The summed E-state index contributed by atoms with van der Waals surface area (Å²) < 4.78 is 0. The van der Waals surface area contributed by atoms with Crippen molar-refractivity contribution in [2.75, 3.05) is 26.4 Å². The Hall–Kier alpha value is -0.220. The first-order valence-electron chi connectivity index (χ1n) is 6.41. The van der Waals surface area contributed by atoms with Crippen LogP contribution in [-0.2, 0) is 0 Å². The number of nitrogens with zero attached hydrogens (tertiary/aromatic N) is 2. The molecule has 1 heterocycles. The van der Waals surface area contributed by atoms with Crippen LogP contribution < -0.4 is 5.32 Å². The lowest BCUT2D eigenvalue weighted by Gasteiger charge is -2.32. The van der Waals surface area contributed by atoms with Crippen LogP contribution in [0.25, 0.3) is 0 Å². The fraction of sp³-hybridized carbons (Fsp3) is 0.923. The Bertz CT molecular complexity index is 268. The monoisotopic (exact) mass is 257 g/mol. The predicted molar refractivity (Wildman–Crippen MR) is 78.9 cm³/mol. The highest BCUT2D eigenvalue weighted by Crippen LogP contribution is 2.30. The van der Waals surface area contributed by atoms with Gasteiger partial charge in [0.25, 0.3) is 0 Å². The van der Waals surface area contributed by atoms with Gasteiger partial charge in [-0.15, -0.1) is 0 Å². The van der Waals surface area contributed by atoms with Crippen LogP contribution in [0.3, 0.4) is 0 Å². The number of hydrogen-bond donors (Lipinski definition) is 1. The normalized spacial score (nSPS) is 23.5. The largest absolute Gasteiger partial charge is 0.361 e. The van der Waals surface area contributed by atoms with E-state index in [0.29, 0.717) is 12.1 Å². The van der Waals surface area contributed by atoms with Crippen molar-refractivity contribution in [2.45, 2.75) is 46.2 Å². The van der Waals surface area contributed by atoms with E-state index < -0.39 is 0 Å². The van der Waals surface area contributed by atoms with Gasteiger partial charge in [0.1, 0.15) is 0 Å². The average molecular weight is 257 g/mol. The minimum Gasteiger partial charge on any atom is -0.361 e. The molecule has 17 heavy (non-hydrogen) atoms. The summed E-state index contributed by atoms with van der Waals surface area (Å²) in [5.41, 5.74) is 0.276. The fourth-order valence-corrected chi connectivity index (χ4v) is 3.04. The molecule has 1 aliphatic rings. The number of thioether (sulfide) groups is 1. The van der Waals surface area contributed by atoms with Gasteiger partial charge in [-0.25, -0.2) is 0 Å². The van der Waals surface area contributed by atoms with Crippen LogP contribution in [0, 0.1) is 5.41 Å². The molecule has 0 aromatic carbocycles. The standard InChI is InChI=1S/C13H27N3S/c1-10(9-16(5)6)14-12-15-11(7-8-17-12)13(2,3)4/h10-11H,7-9H2,1-6H3,(H,14,15). The molecular weight excluding hydrogens is 230 g/mol. The summed E-state index contributed by atoms with van der Waals surface area (Å²) in [6.07, 6.45) is 1.20. The van der Waals surface area contributed by atoms with Crippen LogP contribution in [0.1, 0.15) is 34.1 Å². The third-order valence-corrected chi connectivity index (χ3v) is 3.85. The first-order valence-corrected chi connectivity index (χ1v) is 7.39. The molecule has 0 fully saturated rings. The first-order chi connectivity index (χ1) is 7.79. The molecule has 0 radical (unpaired) electrons. The lowest BCUT2D eigenvalue weighted by molar-refractivity contribution is 0.314. The molecule has 0 saturated heterocycles. The Labute approximate surface area is 110 Å². The van der Waals surface area contributed by atoms with Crippen molar-refractivity contribution in [1.82, 2.24) is 10.2 Å². The topological polar surface area (TPSA) is 27.6 Å². The predicted octanol–water partition coefficient (Wildman–Crippen LogP) is 2.43. The molecule has 2 atom stereocenters. The van der Waals surface area contributed by atoms with Gasteiger partial charge in [-0.2, -0.15) is 0 Å². The highest BCUT2D eigenvalue weighted by atomic mass is 32.2. The smallest absolute Gasteiger partial charge is 0.157 e. The van der Waals surface area contributed by atoms with E-state index in [1.807, 2.05) is 11.8 Å². The zero-order valence-corrected chi connectivity index (χ0v) is 12.9. The molecule has 0 saturated carbocycles. The quantitative estimate of drug-likeness (QED) is 0.841. The van der Waals surface area contributed by atoms with Gasteiger partial charge >= 0.3 is 0 Å². The molecule has 1 N–H and O–H groups in total. The molecule has 0 bridgehead atoms. The summed E-state index contributed by atoms with van der Waals surface area (Å²) >= 11 is 1.86. The van der Waals surface area contributed by atoms with E-state index in [1.165, 1.54) is 12.2 Å². The maximum absolute atomic E-state index is 4.85. The third kappa shape index (κ3) is 5.30. The highest BCUT2D eigenvalue weighted by Gasteiger charge is 2.27. The second-order valence-electron chi connectivity index (χ2n) is 6.26. The van der Waals surface area contributed by atoms with Gasteiger partial charge in [0, 0.05) is 18.3 Å². The van der Waals surface area contributed by atoms with Gasteiger partial charge in [0.15, 0.2) is 5.17 Å². The maximum Gasteiger partial charge on any atom is 0.157 e. The Morgan fingerprint density at radius 1 is 1.47 bits per heavy atom. The van der Waals surface area contributed by atoms with Gasteiger partial charge in [-0.1, -0.05) is 32.5 Å². The van der Waals surface area contributed by atoms with Crippen molar-refractivity contribution < 1.29 is 0 Å². The fourth-order valence-electron chi connectivity index (χ4n) is 2.02. The molecular formula is C13H27N3S. The first kappa shape index (κ1) is 14.8. The lowest BCUT2D eigenvalue weighted by Crippen LogP contribution is -2.41. The molecule has 3 nitrogen and oxygen atoms in total. The van der Waals surface area contributed by atoms with Crippen LogP contribution in [0.5, 0.6) is 0 Å². The summed E-state index contributed by atoms with van der Waals surface area (Å²) in [6.45, 7) is 10.1. The van der Waals surface area contributed by atoms with Crippen molar-refractivity contribution in [3.8, 4) is 0 Å². The third-order valence-electron chi connectivity index (χ3n) is 2.91. The molecule has 1 aliphatic heterocycles. The molecule has 2 unspecified atom stereocenters. The summed E-state index contributed by atoms with van der Waals surface area (Å²) in [4.78, 5) is 7.05. The second-order valence-corrected chi connectivity index (χ2v) is 7.34. The lowest BCUT2D eigenvalue weighted by atomic mass is 9.85. The van der Waals surface area contributed by atoms with Crippen molar-refractivity contribution in [2.24, 2.45) is 10.4 Å². The number of amidine groups is 1. The van der Waals surface area contributed by atoms with Crippen molar-refractivity contribution >= 4 is 16.9 Å². The van der Waals surface area contributed by atoms with E-state index in [0.717, 1.165) is 11.7 Å². The minimum absolute atomic E-state index is 0.276. The Kier molecular flexibility index (Phi) is 5.32. The average Bonchev–Trinajstić information content (AvgIpc) is 2.15. The van der Waals surface area contributed by atoms with Crippen molar-refractivity contribution in [3.05, 3.63) is 0 Å².